The number of rotatable bonds is 6. The SMILES string of the molecule is O=C(Nc1c(Cl)cncc1Cl)c1ccc(SCF)c(OC2CCCC2)c1. The molecule has 2 aromatic rings. The predicted molar refractivity (Wildman–Crippen MR) is 103 cm³/mol. The second-order valence-electron chi connectivity index (χ2n) is 5.87. The molecule has 1 heterocycles. The van der Waals surface area contributed by atoms with E-state index in [0.29, 0.717) is 21.9 Å². The maximum Gasteiger partial charge on any atom is 0.255 e. The smallest absolute Gasteiger partial charge is 0.255 e. The molecule has 0 spiro atoms. The Bertz CT molecular complexity index is 781. The van der Waals surface area contributed by atoms with E-state index in [-0.39, 0.29) is 22.1 Å². The molecule has 1 aromatic heterocycles. The van der Waals surface area contributed by atoms with Crippen LogP contribution in [0.25, 0.3) is 0 Å². The first-order chi connectivity index (χ1) is 12.6. The third kappa shape index (κ3) is 4.61. The Morgan fingerprint density at radius 1 is 1.27 bits per heavy atom. The van der Waals surface area contributed by atoms with Crippen molar-refractivity contribution in [3.05, 3.63) is 46.2 Å². The lowest BCUT2D eigenvalue weighted by atomic mass is 10.2. The summed E-state index contributed by atoms with van der Waals surface area (Å²) in [6.07, 6.45) is 7.09. The van der Waals surface area contributed by atoms with Crippen LogP contribution in [0.1, 0.15) is 36.0 Å². The number of alkyl halides is 1. The van der Waals surface area contributed by atoms with E-state index in [4.69, 9.17) is 27.9 Å². The molecule has 1 N–H and O–H groups in total. The van der Waals surface area contributed by atoms with Gasteiger partial charge in [0.05, 0.1) is 26.7 Å². The summed E-state index contributed by atoms with van der Waals surface area (Å²) in [5.74, 6) is 0.146. The monoisotopic (exact) mass is 414 g/mol. The molecule has 1 aliphatic rings. The molecule has 1 saturated carbocycles. The third-order valence-corrected chi connectivity index (χ3v) is 5.43. The highest BCUT2D eigenvalue weighted by Crippen LogP contribution is 2.35. The zero-order chi connectivity index (χ0) is 18.5. The number of amides is 1. The van der Waals surface area contributed by atoms with Crippen LogP contribution in [0.15, 0.2) is 35.5 Å². The molecular formula is C18H17Cl2FN2O2S. The molecular weight excluding hydrogens is 398 g/mol. The summed E-state index contributed by atoms with van der Waals surface area (Å²) in [7, 11) is 0. The summed E-state index contributed by atoms with van der Waals surface area (Å²) in [6.45, 7) is 0. The molecule has 3 rings (SSSR count). The fourth-order valence-corrected chi connectivity index (χ4v) is 3.81. The fraction of sp³-hybridized carbons (Fsp3) is 0.333. The van der Waals surface area contributed by atoms with Crippen molar-refractivity contribution in [3.63, 3.8) is 0 Å². The van der Waals surface area contributed by atoms with Gasteiger partial charge in [0, 0.05) is 18.0 Å². The average Bonchev–Trinajstić information content (AvgIpc) is 3.13. The second-order valence-corrected chi connectivity index (χ2v) is 7.63. The number of nitrogens with zero attached hydrogens (tertiary/aromatic N) is 1. The Balaban J connectivity index is 1.83. The van der Waals surface area contributed by atoms with Crippen LogP contribution >= 0.6 is 35.0 Å². The zero-order valence-electron chi connectivity index (χ0n) is 13.8. The maximum absolute atomic E-state index is 12.8. The Morgan fingerprint density at radius 3 is 2.62 bits per heavy atom. The van der Waals surface area contributed by atoms with E-state index in [1.807, 2.05) is 0 Å². The summed E-state index contributed by atoms with van der Waals surface area (Å²) in [6, 6.07) is 4.39. The number of carbonyl (C=O) groups is 1. The normalized spacial score (nSPS) is 14.4. The summed E-state index contributed by atoms with van der Waals surface area (Å²) >= 11 is 13.1. The van der Waals surface area contributed by atoms with Crippen LogP contribution in [-0.4, -0.2) is 23.0 Å². The van der Waals surface area contributed by atoms with Gasteiger partial charge in [-0.3, -0.25) is 9.78 Å². The van der Waals surface area contributed by atoms with Crippen molar-refractivity contribution in [2.24, 2.45) is 0 Å². The Labute approximate surface area is 165 Å². The van der Waals surface area contributed by atoms with E-state index in [0.717, 1.165) is 37.4 Å². The van der Waals surface area contributed by atoms with E-state index in [1.54, 1.807) is 18.2 Å². The fourth-order valence-electron chi connectivity index (χ4n) is 2.82. The molecule has 0 saturated heterocycles. The molecule has 8 heteroatoms. The van der Waals surface area contributed by atoms with Gasteiger partial charge < -0.3 is 10.1 Å². The maximum atomic E-state index is 12.8. The molecule has 0 radical (unpaired) electrons. The largest absolute Gasteiger partial charge is 0.489 e. The van der Waals surface area contributed by atoms with Crippen LogP contribution in [0.5, 0.6) is 5.75 Å². The molecule has 4 nitrogen and oxygen atoms in total. The summed E-state index contributed by atoms with van der Waals surface area (Å²) in [4.78, 5) is 17.1. The molecule has 0 atom stereocenters. The third-order valence-electron chi connectivity index (χ3n) is 4.10. The summed E-state index contributed by atoms with van der Waals surface area (Å²) in [5, 5.41) is 3.18. The van der Waals surface area contributed by atoms with Crippen LogP contribution in [0.3, 0.4) is 0 Å². The van der Waals surface area contributed by atoms with Crippen LogP contribution in [0, 0.1) is 0 Å². The summed E-state index contributed by atoms with van der Waals surface area (Å²) < 4.78 is 18.8. The number of halogens is 3. The van der Waals surface area contributed by atoms with Gasteiger partial charge in [-0.1, -0.05) is 35.0 Å². The molecule has 138 valence electrons. The zero-order valence-corrected chi connectivity index (χ0v) is 16.1. The lowest BCUT2D eigenvalue weighted by molar-refractivity contribution is 0.102. The van der Waals surface area contributed by atoms with Crippen molar-refractivity contribution in [1.82, 2.24) is 4.98 Å². The van der Waals surface area contributed by atoms with Crippen LogP contribution in [0.2, 0.25) is 10.0 Å². The molecule has 0 aliphatic heterocycles. The number of anilines is 1. The number of nitrogens with one attached hydrogen (secondary N) is 1. The van der Waals surface area contributed by atoms with E-state index < -0.39 is 6.01 Å². The van der Waals surface area contributed by atoms with Crippen molar-refractivity contribution in [2.75, 3.05) is 11.3 Å². The second kappa shape index (κ2) is 8.93. The topological polar surface area (TPSA) is 51.2 Å². The van der Waals surface area contributed by atoms with Crippen LogP contribution in [0.4, 0.5) is 10.1 Å². The Morgan fingerprint density at radius 2 is 1.96 bits per heavy atom. The lowest BCUT2D eigenvalue weighted by Crippen LogP contribution is -2.15. The average molecular weight is 415 g/mol. The van der Waals surface area contributed by atoms with Crippen LogP contribution < -0.4 is 10.1 Å². The number of thioether (sulfide) groups is 1. The lowest BCUT2D eigenvalue weighted by Gasteiger charge is -2.17. The highest BCUT2D eigenvalue weighted by Gasteiger charge is 2.20. The number of ether oxygens (including phenoxy) is 1. The number of hydrogen-bond donors (Lipinski definition) is 1. The number of benzene rings is 1. The Kier molecular flexibility index (Phi) is 6.62. The van der Waals surface area contributed by atoms with Crippen molar-refractivity contribution < 1.29 is 13.9 Å². The molecule has 1 amide bonds. The predicted octanol–water partition coefficient (Wildman–Crippen LogP) is 5.98. The molecule has 1 aromatic carbocycles. The molecule has 0 unspecified atom stereocenters. The number of hydrogen-bond acceptors (Lipinski definition) is 4. The molecule has 1 fully saturated rings. The minimum atomic E-state index is -0.561. The van der Waals surface area contributed by atoms with Gasteiger partial charge in [0.25, 0.3) is 5.91 Å². The Hall–Kier alpha value is -1.50. The van der Waals surface area contributed by atoms with Crippen molar-refractivity contribution >= 4 is 46.6 Å². The van der Waals surface area contributed by atoms with Gasteiger partial charge in [0.15, 0.2) is 0 Å². The number of aromatic nitrogens is 1. The van der Waals surface area contributed by atoms with Gasteiger partial charge in [0.2, 0.25) is 0 Å². The van der Waals surface area contributed by atoms with Gasteiger partial charge in [0.1, 0.15) is 11.8 Å². The van der Waals surface area contributed by atoms with E-state index >= 15 is 0 Å². The number of carbonyl (C=O) groups excluding carboxylic acids is 1. The molecule has 1 aliphatic carbocycles. The van der Waals surface area contributed by atoms with Gasteiger partial charge in [-0.25, -0.2) is 4.39 Å². The van der Waals surface area contributed by atoms with Gasteiger partial charge in [-0.05, 0) is 43.9 Å². The van der Waals surface area contributed by atoms with E-state index in [2.05, 4.69) is 10.3 Å². The minimum absolute atomic E-state index is 0.108. The highest BCUT2D eigenvalue weighted by molar-refractivity contribution is 7.99. The standard InChI is InChI=1S/C18H17Cl2FN2O2S/c19-13-8-22-9-14(20)17(13)23-18(24)11-5-6-16(26-10-21)15(7-11)25-12-3-1-2-4-12/h5-9,12H,1-4,10H2,(H,22,23,24). The van der Waals surface area contributed by atoms with Crippen molar-refractivity contribution in [3.8, 4) is 5.75 Å². The van der Waals surface area contributed by atoms with E-state index in [9.17, 15) is 9.18 Å². The van der Waals surface area contributed by atoms with Crippen molar-refractivity contribution in [2.45, 2.75) is 36.7 Å². The van der Waals surface area contributed by atoms with Gasteiger partial charge in [-0.2, -0.15) is 0 Å². The first kappa shape index (κ1) is 19.3. The first-order valence-electron chi connectivity index (χ1n) is 8.18. The van der Waals surface area contributed by atoms with Crippen LogP contribution in [-0.2, 0) is 0 Å². The first-order valence-corrected chi connectivity index (χ1v) is 9.92. The van der Waals surface area contributed by atoms with Crippen molar-refractivity contribution in [1.29, 1.82) is 0 Å². The van der Waals surface area contributed by atoms with Gasteiger partial charge >= 0.3 is 0 Å². The quantitative estimate of drug-likeness (QED) is 0.590. The molecule has 0 bridgehead atoms. The number of pyridine rings is 1. The summed E-state index contributed by atoms with van der Waals surface area (Å²) in [5.41, 5.74) is 0.680. The van der Waals surface area contributed by atoms with Gasteiger partial charge in [-0.15, -0.1) is 0 Å². The molecule has 26 heavy (non-hydrogen) atoms. The van der Waals surface area contributed by atoms with E-state index in [1.165, 1.54) is 12.4 Å². The highest BCUT2D eigenvalue weighted by atomic mass is 35.5. The minimum Gasteiger partial charge on any atom is -0.489 e.